The van der Waals surface area contributed by atoms with E-state index in [4.69, 9.17) is 4.42 Å². The summed E-state index contributed by atoms with van der Waals surface area (Å²) in [6, 6.07) is 10.7. The van der Waals surface area contributed by atoms with Gasteiger partial charge in [-0.1, -0.05) is 4.68 Å². The number of fused-ring (bicyclic) bond motifs is 1. The van der Waals surface area contributed by atoms with Crippen LogP contribution < -0.4 is 15.4 Å². The number of aromatic amines is 1. The van der Waals surface area contributed by atoms with Gasteiger partial charge in [0.1, 0.15) is 11.5 Å². The van der Waals surface area contributed by atoms with Gasteiger partial charge >= 0.3 is 5.65 Å². The first-order chi connectivity index (χ1) is 14.9. The second-order valence-corrected chi connectivity index (χ2v) is 6.58. The lowest BCUT2D eigenvalue weighted by Crippen LogP contribution is -2.33. The van der Waals surface area contributed by atoms with Gasteiger partial charge in [-0.25, -0.2) is 10.5 Å². The van der Waals surface area contributed by atoms with Crippen LogP contribution in [0.4, 0.5) is 5.69 Å². The summed E-state index contributed by atoms with van der Waals surface area (Å²) in [6.07, 6.45) is 2.72. The fourth-order valence-corrected chi connectivity index (χ4v) is 2.94. The Morgan fingerprint density at radius 2 is 2.13 bits per heavy atom. The van der Waals surface area contributed by atoms with Gasteiger partial charge in [0.25, 0.3) is 23.4 Å². The number of aromatic nitrogens is 4. The van der Waals surface area contributed by atoms with Gasteiger partial charge in [-0.3, -0.25) is 19.7 Å². The first-order valence-electron chi connectivity index (χ1n) is 9.04. The molecule has 1 aromatic carbocycles. The van der Waals surface area contributed by atoms with Gasteiger partial charge in [0.05, 0.1) is 11.1 Å². The third kappa shape index (κ3) is 4.22. The van der Waals surface area contributed by atoms with Crippen LogP contribution in [0.1, 0.15) is 11.5 Å². The number of nitrogens with zero attached hydrogens (tertiary/aromatic N) is 5. The minimum Gasteiger partial charge on any atom is -0.455 e. The fourth-order valence-electron chi connectivity index (χ4n) is 2.94. The van der Waals surface area contributed by atoms with Crippen LogP contribution in [0.2, 0.25) is 0 Å². The van der Waals surface area contributed by atoms with Gasteiger partial charge < -0.3 is 4.42 Å². The van der Waals surface area contributed by atoms with Crippen molar-refractivity contribution >= 4 is 23.5 Å². The van der Waals surface area contributed by atoms with Crippen molar-refractivity contribution in [2.75, 3.05) is 0 Å². The number of carbonyl (C=O) groups is 1. The van der Waals surface area contributed by atoms with Crippen LogP contribution in [0, 0.1) is 17.0 Å². The van der Waals surface area contributed by atoms with Crippen LogP contribution in [0.5, 0.6) is 0 Å². The maximum atomic E-state index is 12.1. The predicted molar refractivity (Wildman–Crippen MR) is 107 cm³/mol. The monoisotopic (exact) mass is 422 g/mol. The molecule has 1 amide bonds. The fraction of sp³-hybridized carbons (Fsp3) is 0.105. The van der Waals surface area contributed by atoms with E-state index in [-0.39, 0.29) is 23.3 Å². The molecular weight excluding hydrogens is 406 g/mol. The summed E-state index contributed by atoms with van der Waals surface area (Å²) >= 11 is 0. The minimum absolute atomic E-state index is 0.0136. The number of carbonyl (C=O) groups excluding carboxylic acids is 1. The number of hydrogen-bond donors (Lipinski definition) is 2. The summed E-state index contributed by atoms with van der Waals surface area (Å²) in [5.41, 5.74) is 3.63. The molecule has 0 spiro atoms. The summed E-state index contributed by atoms with van der Waals surface area (Å²) < 4.78 is 8.31. The molecule has 0 bridgehead atoms. The lowest BCUT2D eigenvalue weighted by Gasteiger charge is -1.97. The van der Waals surface area contributed by atoms with Gasteiger partial charge in [-0.05, 0) is 31.2 Å². The van der Waals surface area contributed by atoms with Crippen LogP contribution >= 0.6 is 0 Å². The normalized spacial score (nSPS) is 11.3. The van der Waals surface area contributed by atoms with Crippen molar-refractivity contribution < 1.29 is 18.7 Å². The minimum atomic E-state index is -0.482. The number of furan rings is 1. The standard InChI is InChI=1S/C19H15N7O5/c1-12-8-16(27)19-24(21-11-25(19)23-12)10-18(28)22-20-9-15-6-7-17(31-15)13-2-4-14(5-3-13)26(29)30/h2-9,11H,10H2,1H3,(H-,22,23,27,28)/p+1/b20-9-. The molecule has 0 saturated heterocycles. The molecule has 0 aliphatic heterocycles. The first-order valence-corrected chi connectivity index (χ1v) is 9.04. The third-order valence-electron chi connectivity index (χ3n) is 4.31. The van der Waals surface area contributed by atoms with Gasteiger partial charge in [0.15, 0.2) is 6.54 Å². The van der Waals surface area contributed by atoms with Crippen LogP contribution in [0.3, 0.4) is 0 Å². The molecule has 0 radical (unpaired) electrons. The molecule has 0 atom stereocenters. The maximum absolute atomic E-state index is 12.1. The molecule has 12 nitrogen and oxygen atoms in total. The van der Waals surface area contributed by atoms with Crippen molar-refractivity contribution in [3.05, 3.63) is 80.6 Å². The molecule has 0 fully saturated rings. The van der Waals surface area contributed by atoms with E-state index in [1.807, 2.05) is 0 Å². The van der Waals surface area contributed by atoms with Crippen molar-refractivity contribution in [1.82, 2.24) is 20.3 Å². The number of aryl methyl sites for hydroxylation is 1. The molecule has 0 aliphatic carbocycles. The average Bonchev–Trinajstić information content (AvgIpc) is 3.35. The maximum Gasteiger partial charge on any atom is 0.331 e. The van der Waals surface area contributed by atoms with E-state index >= 15 is 0 Å². The van der Waals surface area contributed by atoms with E-state index in [2.05, 4.69) is 20.7 Å². The number of hydrogen-bond acceptors (Lipinski definition) is 7. The number of amides is 1. The number of hydrazone groups is 1. The Morgan fingerprint density at radius 3 is 2.87 bits per heavy atom. The Kier molecular flexibility index (Phi) is 5.10. The number of nitro benzene ring substituents is 1. The SMILES string of the molecule is Cc1cc(=O)c2n(CC(=O)N/N=C\c3ccc(-c4ccc([N+](=O)[O-])cc4)o3)nc[n+]2[nH]1. The number of non-ortho nitro benzene ring substituents is 1. The van der Waals surface area contributed by atoms with Crippen LogP contribution in [-0.4, -0.2) is 31.9 Å². The topological polar surface area (TPSA) is 153 Å². The van der Waals surface area contributed by atoms with E-state index in [9.17, 15) is 19.7 Å². The highest BCUT2D eigenvalue weighted by Crippen LogP contribution is 2.23. The third-order valence-corrected chi connectivity index (χ3v) is 4.31. The van der Waals surface area contributed by atoms with Gasteiger partial charge in [-0.2, -0.15) is 5.10 Å². The van der Waals surface area contributed by atoms with E-state index < -0.39 is 10.8 Å². The smallest absolute Gasteiger partial charge is 0.331 e. The molecule has 31 heavy (non-hydrogen) atoms. The molecule has 3 heterocycles. The number of nitro groups is 1. The number of benzene rings is 1. The largest absolute Gasteiger partial charge is 0.455 e. The molecule has 0 aliphatic rings. The van der Waals surface area contributed by atoms with Gasteiger partial charge in [0, 0.05) is 34.6 Å². The van der Waals surface area contributed by atoms with Crippen molar-refractivity contribution in [2.45, 2.75) is 13.5 Å². The van der Waals surface area contributed by atoms with E-state index in [1.165, 1.54) is 39.9 Å². The molecule has 4 rings (SSSR count). The summed E-state index contributed by atoms with van der Waals surface area (Å²) in [4.78, 5) is 34.5. The summed E-state index contributed by atoms with van der Waals surface area (Å²) in [5.74, 6) is 0.391. The quantitative estimate of drug-likeness (QED) is 0.204. The van der Waals surface area contributed by atoms with Crippen LogP contribution in [0.15, 0.2) is 63.1 Å². The number of nitrogens with one attached hydrogen (secondary N) is 2. The summed E-state index contributed by atoms with van der Waals surface area (Å²) in [5, 5.41) is 21.5. The van der Waals surface area contributed by atoms with Crippen molar-refractivity contribution in [3.63, 3.8) is 0 Å². The Labute approximate surface area is 173 Å². The number of rotatable bonds is 6. The molecular formula is C19H16N7O5+. The predicted octanol–water partition coefficient (Wildman–Crippen LogP) is 0.937. The van der Waals surface area contributed by atoms with Crippen molar-refractivity contribution in [2.24, 2.45) is 5.10 Å². The average molecular weight is 422 g/mol. The zero-order valence-corrected chi connectivity index (χ0v) is 16.2. The van der Waals surface area contributed by atoms with Crippen LogP contribution in [-0.2, 0) is 11.3 Å². The summed E-state index contributed by atoms with van der Waals surface area (Å²) in [7, 11) is 0. The lowest BCUT2D eigenvalue weighted by atomic mass is 10.1. The first kappa shape index (κ1) is 19.7. The lowest BCUT2D eigenvalue weighted by molar-refractivity contribution is -0.582. The second kappa shape index (κ2) is 8.02. The van der Waals surface area contributed by atoms with Crippen molar-refractivity contribution in [3.8, 4) is 11.3 Å². The highest BCUT2D eigenvalue weighted by Gasteiger charge is 2.18. The highest BCUT2D eigenvalue weighted by molar-refractivity contribution is 5.81. The second-order valence-electron chi connectivity index (χ2n) is 6.58. The number of H-pyrrole nitrogens is 1. The molecule has 156 valence electrons. The zero-order valence-electron chi connectivity index (χ0n) is 16.2. The van der Waals surface area contributed by atoms with E-state index in [1.54, 1.807) is 31.2 Å². The molecule has 4 aromatic rings. The Bertz CT molecular complexity index is 1360. The zero-order chi connectivity index (χ0) is 22.0. The van der Waals surface area contributed by atoms with Crippen LogP contribution in [0.25, 0.3) is 17.0 Å². The van der Waals surface area contributed by atoms with E-state index in [0.29, 0.717) is 22.8 Å². The molecule has 12 heteroatoms. The van der Waals surface area contributed by atoms with E-state index in [0.717, 1.165) is 0 Å². The molecule has 0 unspecified atom stereocenters. The Hall–Kier alpha value is -4.61. The van der Waals surface area contributed by atoms with Crippen molar-refractivity contribution in [1.29, 1.82) is 0 Å². The molecule has 2 N–H and O–H groups in total. The Balaban J connectivity index is 1.40. The van der Waals surface area contributed by atoms with Gasteiger partial charge in [-0.15, -0.1) is 4.52 Å². The van der Waals surface area contributed by atoms with Gasteiger partial charge in [0.2, 0.25) is 0 Å². The summed E-state index contributed by atoms with van der Waals surface area (Å²) in [6.45, 7) is 1.54. The Morgan fingerprint density at radius 1 is 1.35 bits per heavy atom. The highest BCUT2D eigenvalue weighted by atomic mass is 16.6. The molecule has 0 saturated carbocycles. The molecule has 3 aromatic heterocycles.